The second-order valence-electron chi connectivity index (χ2n) is 8.16. The van der Waals surface area contributed by atoms with Gasteiger partial charge in [0, 0.05) is 10.9 Å². The second-order valence-corrected chi connectivity index (χ2v) is 8.16. The van der Waals surface area contributed by atoms with Crippen LogP contribution in [-0.4, -0.2) is 24.4 Å². The second kappa shape index (κ2) is 9.83. The highest BCUT2D eigenvalue weighted by Crippen LogP contribution is 2.33. The minimum atomic E-state index is -0.789. The molecule has 0 fully saturated rings. The number of nitrogens with one attached hydrogen (secondary N) is 1. The van der Waals surface area contributed by atoms with E-state index in [1.165, 1.54) is 0 Å². The highest BCUT2D eigenvalue weighted by molar-refractivity contribution is 6.17. The van der Waals surface area contributed by atoms with Gasteiger partial charge in [-0.05, 0) is 87.4 Å². The van der Waals surface area contributed by atoms with Crippen LogP contribution in [0, 0.1) is 13.8 Å². The van der Waals surface area contributed by atoms with Crippen molar-refractivity contribution in [2.45, 2.75) is 33.8 Å². The lowest BCUT2D eigenvalue weighted by molar-refractivity contribution is -0.122. The average Bonchev–Trinajstić information content (AvgIpc) is 3.17. The van der Waals surface area contributed by atoms with E-state index in [0.717, 1.165) is 11.1 Å². The van der Waals surface area contributed by atoms with Crippen LogP contribution < -0.4 is 14.8 Å². The van der Waals surface area contributed by atoms with Crippen LogP contribution >= 0.6 is 0 Å². The van der Waals surface area contributed by atoms with Gasteiger partial charge in [0.15, 0.2) is 11.9 Å². The summed E-state index contributed by atoms with van der Waals surface area (Å²) in [5.74, 6) is 0.638. The van der Waals surface area contributed by atoms with E-state index in [9.17, 15) is 9.59 Å². The van der Waals surface area contributed by atoms with Gasteiger partial charge in [0.05, 0.1) is 12.3 Å². The lowest BCUT2D eigenvalue weighted by Gasteiger charge is -2.16. The number of amides is 1. The fraction of sp³-hybridized carbons (Fsp3) is 0.214. The molecule has 0 radical (unpaired) electrons. The Bertz CT molecular complexity index is 1320. The number of ether oxygens (including phenoxy) is 2. The number of anilines is 1. The van der Waals surface area contributed by atoms with Crippen molar-refractivity contribution in [2.24, 2.45) is 0 Å². The normalized spacial score (nSPS) is 11.8. The molecule has 0 saturated carbocycles. The lowest BCUT2D eigenvalue weighted by atomic mass is 10.1. The quantitative estimate of drug-likeness (QED) is 0.324. The molecule has 6 heteroatoms. The van der Waals surface area contributed by atoms with Gasteiger partial charge in [-0.1, -0.05) is 18.2 Å². The van der Waals surface area contributed by atoms with Crippen molar-refractivity contribution in [3.8, 4) is 11.5 Å². The van der Waals surface area contributed by atoms with Crippen LogP contribution in [0.25, 0.3) is 11.0 Å². The highest BCUT2D eigenvalue weighted by Gasteiger charge is 2.25. The molecule has 1 heterocycles. The number of furan rings is 1. The zero-order chi connectivity index (χ0) is 24.2. The Morgan fingerprint density at radius 3 is 2.29 bits per heavy atom. The maximum atomic E-state index is 13.3. The SMILES string of the molecule is CCOc1ccc(C(=O)c2oc3ccccc3c2NC(=O)C(C)Oc2cc(C)cc(C)c2)cc1. The summed E-state index contributed by atoms with van der Waals surface area (Å²) >= 11 is 0. The molecule has 6 nitrogen and oxygen atoms in total. The molecule has 1 aromatic heterocycles. The summed E-state index contributed by atoms with van der Waals surface area (Å²) in [5.41, 5.74) is 3.36. The number of hydrogen-bond donors (Lipinski definition) is 1. The van der Waals surface area contributed by atoms with Crippen molar-refractivity contribution >= 4 is 28.3 Å². The summed E-state index contributed by atoms with van der Waals surface area (Å²) < 4.78 is 17.2. The molecule has 174 valence electrons. The molecular weight excluding hydrogens is 430 g/mol. The van der Waals surface area contributed by atoms with Gasteiger partial charge < -0.3 is 19.2 Å². The first kappa shape index (κ1) is 23.1. The average molecular weight is 458 g/mol. The fourth-order valence-electron chi connectivity index (χ4n) is 3.81. The molecule has 4 rings (SSSR count). The predicted molar refractivity (Wildman–Crippen MR) is 132 cm³/mol. The molecule has 1 amide bonds. The van der Waals surface area contributed by atoms with Gasteiger partial charge in [-0.2, -0.15) is 0 Å². The molecule has 1 N–H and O–H groups in total. The van der Waals surface area contributed by atoms with E-state index >= 15 is 0 Å². The van der Waals surface area contributed by atoms with Gasteiger partial charge in [-0.25, -0.2) is 0 Å². The van der Waals surface area contributed by atoms with Gasteiger partial charge in [0.2, 0.25) is 5.78 Å². The molecule has 34 heavy (non-hydrogen) atoms. The van der Waals surface area contributed by atoms with Crippen molar-refractivity contribution in [2.75, 3.05) is 11.9 Å². The maximum absolute atomic E-state index is 13.3. The third kappa shape index (κ3) is 4.96. The van der Waals surface area contributed by atoms with E-state index in [0.29, 0.717) is 40.3 Å². The van der Waals surface area contributed by atoms with Crippen molar-refractivity contribution in [3.63, 3.8) is 0 Å². The number of carbonyl (C=O) groups is 2. The molecule has 3 aromatic carbocycles. The van der Waals surface area contributed by atoms with Crippen molar-refractivity contribution in [1.29, 1.82) is 0 Å². The zero-order valence-corrected chi connectivity index (χ0v) is 19.7. The summed E-state index contributed by atoms with van der Waals surface area (Å²) in [6.45, 7) is 8.05. The number of para-hydroxylation sites is 1. The van der Waals surface area contributed by atoms with Crippen LogP contribution in [0.1, 0.15) is 41.1 Å². The van der Waals surface area contributed by atoms with Crippen molar-refractivity contribution < 1.29 is 23.5 Å². The predicted octanol–water partition coefficient (Wildman–Crippen LogP) is 6.09. The van der Waals surface area contributed by atoms with Crippen LogP contribution in [0.2, 0.25) is 0 Å². The van der Waals surface area contributed by atoms with Crippen LogP contribution in [0.5, 0.6) is 11.5 Å². The van der Waals surface area contributed by atoms with Crippen LogP contribution in [0.15, 0.2) is 71.1 Å². The zero-order valence-electron chi connectivity index (χ0n) is 19.7. The topological polar surface area (TPSA) is 77.8 Å². The molecular formula is C28H27NO5. The molecule has 0 bridgehead atoms. The minimum absolute atomic E-state index is 0.0670. The number of ketones is 1. The Labute approximate surface area is 198 Å². The van der Waals surface area contributed by atoms with Gasteiger partial charge >= 0.3 is 0 Å². The number of carbonyl (C=O) groups excluding carboxylic acids is 2. The van der Waals surface area contributed by atoms with E-state index in [2.05, 4.69) is 5.32 Å². The first-order chi connectivity index (χ1) is 16.4. The number of hydrogen-bond acceptors (Lipinski definition) is 5. The molecule has 0 aliphatic rings. The number of rotatable bonds is 8. The van der Waals surface area contributed by atoms with E-state index < -0.39 is 6.10 Å². The van der Waals surface area contributed by atoms with Gasteiger partial charge in [-0.3, -0.25) is 9.59 Å². The first-order valence-electron chi connectivity index (χ1n) is 11.2. The van der Waals surface area contributed by atoms with Crippen LogP contribution in [-0.2, 0) is 4.79 Å². The Morgan fingerprint density at radius 2 is 1.62 bits per heavy atom. The summed E-state index contributed by atoms with van der Waals surface area (Å²) in [5, 5.41) is 3.50. The van der Waals surface area contributed by atoms with E-state index in [1.54, 1.807) is 43.3 Å². The molecule has 0 aliphatic carbocycles. The summed E-state index contributed by atoms with van der Waals surface area (Å²) in [6.07, 6.45) is -0.789. The van der Waals surface area contributed by atoms with E-state index in [1.807, 2.05) is 51.1 Å². The molecule has 0 aliphatic heterocycles. The van der Waals surface area contributed by atoms with Gasteiger partial charge in [0.25, 0.3) is 5.91 Å². The third-order valence-corrected chi connectivity index (χ3v) is 5.35. The Kier molecular flexibility index (Phi) is 6.68. The molecule has 1 unspecified atom stereocenters. The number of benzene rings is 3. The van der Waals surface area contributed by atoms with Crippen molar-refractivity contribution in [1.82, 2.24) is 0 Å². The Hall–Kier alpha value is -4.06. The largest absolute Gasteiger partial charge is 0.494 e. The van der Waals surface area contributed by atoms with E-state index in [-0.39, 0.29) is 17.5 Å². The molecule has 0 saturated heterocycles. The standard InChI is InChI=1S/C28H27NO5/c1-5-32-21-12-10-20(11-13-21)26(30)27-25(23-8-6-7-9-24(23)34-27)29-28(31)19(4)33-22-15-17(2)14-18(3)16-22/h6-16,19H,5H2,1-4H3,(H,29,31). The van der Waals surface area contributed by atoms with Gasteiger partial charge in [0.1, 0.15) is 17.1 Å². The number of aryl methyl sites for hydroxylation is 2. The maximum Gasteiger partial charge on any atom is 0.265 e. The molecule has 1 atom stereocenters. The van der Waals surface area contributed by atoms with E-state index in [4.69, 9.17) is 13.9 Å². The minimum Gasteiger partial charge on any atom is -0.494 e. The highest BCUT2D eigenvalue weighted by atomic mass is 16.5. The molecule has 4 aromatic rings. The summed E-state index contributed by atoms with van der Waals surface area (Å²) in [6, 6.07) is 19.8. The smallest absolute Gasteiger partial charge is 0.265 e. The first-order valence-corrected chi connectivity index (χ1v) is 11.2. The van der Waals surface area contributed by atoms with Crippen LogP contribution in [0.3, 0.4) is 0 Å². The van der Waals surface area contributed by atoms with Crippen molar-refractivity contribution in [3.05, 3.63) is 89.2 Å². The van der Waals surface area contributed by atoms with Crippen LogP contribution in [0.4, 0.5) is 5.69 Å². The number of fused-ring (bicyclic) bond motifs is 1. The Morgan fingerprint density at radius 1 is 0.941 bits per heavy atom. The fourth-order valence-corrected chi connectivity index (χ4v) is 3.81. The summed E-state index contributed by atoms with van der Waals surface area (Å²) in [4.78, 5) is 26.4. The third-order valence-electron chi connectivity index (χ3n) is 5.35. The Balaban J connectivity index is 1.62. The monoisotopic (exact) mass is 457 g/mol. The van der Waals surface area contributed by atoms with Gasteiger partial charge in [-0.15, -0.1) is 0 Å². The lowest BCUT2D eigenvalue weighted by Crippen LogP contribution is -2.30. The summed E-state index contributed by atoms with van der Waals surface area (Å²) in [7, 11) is 0. The molecule has 0 spiro atoms.